The van der Waals surface area contributed by atoms with E-state index in [0.29, 0.717) is 26.4 Å². The highest BCUT2D eigenvalue weighted by atomic mass is 32.2. The summed E-state index contributed by atoms with van der Waals surface area (Å²) in [6.45, 7) is 1.66. The van der Waals surface area contributed by atoms with Crippen molar-refractivity contribution in [2.75, 3.05) is 6.61 Å². The molecule has 4 aromatic rings. The molecule has 0 radical (unpaired) electrons. The summed E-state index contributed by atoms with van der Waals surface area (Å²) in [4.78, 5) is 26.9. The standard InChI is InChI=1S/C30H30N2O5S/c33-26-16-17-32(30(34)31-26)29-28(37-20-24-14-8-3-9-15-24)27(36-19-23-12-6-2-7-13-23)25(38-29)21-35-18-22-10-4-1-5-11-22/h1-17,25,27-29H,18-21H2,(H,31,33,34)/t25-,27+,28-,29?/m1/s1. The number of aromatic nitrogens is 2. The molecule has 1 aliphatic heterocycles. The molecule has 1 unspecified atom stereocenters. The fraction of sp³-hybridized carbons (Fsp3) is 0.267. The minimum atomic E-state index is -0.476. The average Bonchev–Trinajstić information content (AvgIpc) is 3.29. The van der Waals surface area contributed by atoms with Gasteiger partial charge in [-0.2, -0.15) is 0 Å². The van der Waals surface area contributed by atoms with Crippen LogP contribution in [0.3, 0.4) is 0 Å². The zero-order valence-electron chi connectivity index (χ0n) is 20.8. The molecule has 3 aromatic carbocycles. The number of nitrogens with zero attached hydrogens (tertiary/aromatic N) is 1. The van der Waals surface area contributed by atoms with Crippen molar-refractivity contribution < 1.29 is 14.2 Å². The van der Waals surface area contributed by atoms with Crippen molar-refractivity contribution in [3.8, 4) is 0 Å². The number of ether oxygens (including phenoxy) is 3. The smallest absolute Gasteiger partial charge is 0.329 e. The van der Waals surface area contributed by atoms with Crippen LogP contribution < -0.4 is 11.2 Å². The van der Waals surface area contributed by atoms with Gasteiger partial charge in [0.1, 0.15) is 17.6 Å². The minimum absolute atomic E-state index is 0.105. The largest absolute Gasteiger partial charge is 0.376 e. The second-order valence-corrected chi connectivity index (χ2v) is 10.5. The van der Waals surface area contributed by atoms with Crippen LogP contribution in [-0.2, 0) is 34.0 Å². The van der Waals surface area contributed by atoms with Crippen molar-refractivity contribution in [2.45, 2.75) is 42.7 Å². The van der Waals surface area contributed by atoms with E-state index in [2.05, 4.69) is 4.98 Å². The molecule has 38 heavy (non-hydrogen) atoms. The Bertz CT molecular complexity index is 1390. The molecule has 5 rings (SSSR count). The van der Waals surface area contributed by atoms with Crippen molar-refractivity contribution in [3.63, 3.8) is 0 Å². The van der Waals surface area contributed by atoms with Gasteiger partial charge >= 0.3 is 5.69 Å². The zero-order chi connectivity index (χ0) is 26.2. The Hall–Kier alpha value is -3.43. The van der Waals surface area contributed by atoms with Crippen molar-refractivity contribution in [1.82, 2.24) is 9.55 Å². The van der Waals surface area contributed by atoms with E-state index in [4.69, 9.17) is 14.2 Å². The van der Waals surface area contributed by atoms with E-state index in [9.17, 15) is 9.59 Å². The molecule has 1 fully saturated rings. The van der Waals surface area contributed by atoms with Crippen LogP contribution in [0.5, 0.6) is 0 Å². The zero-order valence-corrected chi connectivity index (χ0v) is 21.7. The first kappa shape index (κ1) is 26.2. The van der Waals surface area contributed by atoms with Crippen molar-refractivity contribution in [2.24, 2.45) is 0 Å². The molecule has 0 saturated carbocycles. The van der Waals surface area contributed by atoms with Gasteiger partial charge in [-0.05, 0) is 16.7 Å². The average molecular weight is 531 g/mol. The maximum Gasteiger partial charge on any atom is 0.329 e. The van der Waals surface area contributed by atoms with Crippen LogP contribution in [0.15, 0.2) is 113 Å². The number of rotatable bonds is 11. The van der Waals surface area contributed by atoms with Crippen LogP contribution in [0, 0.1) is 0 Å². The monoisotopic (exact) mass is 530 g/mol. The maximum absolute atomic E-state index is 12.8. The second kappa shape index (κ2) is 12.9. The van der Waals surface area contributed by atoms with Gasteiger partial charge in [-0.1, -0.05) is 91.0 Å². The molecule has 1 N–H and O–H groups in total. The lowest BCUT2D eigenvalue weighted by Crippen LogP contribution is -2.40. The molecule has 1 saturated heterocycles. The third-order valence-electron chi connectivity index (χ3n) is 6.38. The minimum Gasteiger partial charge on any atom is -0.376 e. The summed E-state index contributed by atoms with van der Waals surface area (Å²) in [6.07, 6.45) is 0.709. The summed E-state index contributed by atoms with van der Waals surface area (Å²) in [5, 5.41) is -0.513. The van der Waals surface area contributed by atoms with E-state index in [1.54, 1.807) is 11.8 Å². The van der Waals surface area contributed by atoms with Crippen LogP contribution in [0.1, 0.15) is 22.1 Å². The third-order valence-corrected chi connectivity index (χ3v) is 7.90. The van der Waals surface area contributed by atoms with Gasteiger partial charge in [-0.3, -0.25) is 14.3 Å². The van der Waals surface area contributed by atoms with Crippen LogP contribution in [0.2, 0.25) is 0 Å². The summed E-state index contributed by atoms with van der Waals surface area (Å²) < 4.78 is 20.6. The van der Waals surface area contributed by atoms with Crippen molar-refractivity contribution >= 4 is 11.8 Å². The van der Waals surface area contributed by atoms with E-state index in [-0.39, 0.29) is 11.4 Å². The Kier molecular flexibility index (Phi) is 8.88. The summed E-state index contributed by atoms with van der Waals surface area (Å²) in [5.41, 5.74) is 2.25. The number of H-pyrrole nitrogens is 1. The molecule has 7 nitrogen and oxygen atoms in total. The first-order valence-corrected chi connectivity index (χ1v) is 13.5. The van der Waals surface area contributed by atoms with Crippen LogP contribution in [-0.4, -0.2) is 33.6 Å². The summed E-state index contributed by atoms with van der Waals surface area (Å²) >= 11 is 1.57. The fourth-order valence-electron chi connectivity index (χ4n) is 4.47. The summed E-state index contributed by atoms with van der Waals surface area (Å²) in [6, 6.07) is 31.2. The Labute approximate surface area is 225 Å². The third kappa shape index (κ3) is 6.71. The first-order valence-electron chi connectivity index (χ1n) is 12.6. The molecule has 1 aliphatic rings. The topological polar surface area (TPSA) is 82.5 Å². The summed E-state index contributed by atoms with van der Waals surface area (Å²) in [5.74, 6) is 0. The van der Waals surface area contributed by atoms with Crippen LogP contribution >= 0.6 is 11.8 Å². The van der Waals surface area contributed by atoms with Gasteiger partial charge in [0, 0.05) is 12.3 Å². The summed E-state index contributed by atoms with van der Waals surface area (Å²) in [7, 11) is 0. The number of aromatic amines is 1. The van der Waals surface area contributed by atoms with Gasteiger partial charge in [-0.15, -0.1) is 11.8 Å². The van der Waals surface area contributed by atoms with E-state index in [0.717, 1.165) is 16.7 Å². The molecule has 1 aromatic heterocycles. The first-order chi connectivity index (χ1) is 18.7. The van der Waals surface area contributed by atoms with Gasteiger partial charge in [0.05, 0.1) is 31.7 Å². The number of benzene rings is 3. The number of hydrogen-bond donors (Lipinski definition) is 1. The van der Waals surface area contributed by atoms with Gasteiger partial charge in [0.2, 0.25) is 0 Å². The van der Waals surface area contributed by atoms with Gasteiger partial charge < -0.3 is 14.2 Å². The quantitative estimate of drug-likeness (QED) is 0.307. The SMILES string of the molecule is O=c1ccn(C2S[C@H](COCc3ccccc3)[C@H](OCc3ccccc3)[C@H]2OCc2ccccc2)c(=O)[nH]1. The molecule has 0 bridgehead atoms. The highest BCUT2D eigenvalue weighted by Crippen LogP contribution is 2.45. The number of thioether (sulfide) groups is 1. The molecule has 0 amide bonds. The Balaban J connectivity index is 1.41. The number of hydrogen-bond acceptors (Lipinski definition) is 6. The Morgan fingerprint density at radius 1 is 0.684 bits per heavy atom. The normalized spacial score (nSPS) is 20.9. The molecule has 0 spiro atoms. The number of nitrogens with one attached hydrogen (secondary N) is 1. The van der Waals surface area contributed by atoms with Crippen molar-refractivity contribution in [3.05, 3.63) is 141 Å². The van der Waals surface area contributed by atoms with Gasteiger partial charge in [0.15, 0.2) is 0 Å². The van der Waals surface area contributed by atoms with E-state index >= 15 is 0 Å². The Morgan fingerprint density at radius 2 is 1.21 bits per heavy atom. The van der Waals surface area contributed by atoms with Gasteiger partial charge in [-0.25, -0.2) is 4.79 Å². The molecule has 4 atom stereocenters. The molecule has 2 heterocycles. The lowest BCUT2D eigenvalue weighted by molar-refractivity contribution is -0.0920. The molecule has 8 heteroatoms. The van der Waals surface area contributed by atoms with Gasteiger partial charge in [0.25, 0.3) is 5.56 Å². The van der Waals surface area contributed by atoms with Crippen molar-refractivity contribution in [1.29, 1.82) is 0 Å². The lowest BCUT2D eigenvalue weighted by Gasteiger charge is -2.27. The Morgan fingerprint density at radius 3 is 1.76 bits per heavy atom. The molecular weight excluding hydrogens is 500 g/mol. The van der Waals surface area contributed by atoms with E-state index in [1.807, 2.05) is 91.0 Å². The van der Waals surface area contributed by atoms with Crippen LogP contribution in [0.4, 0.5) is 0 Å². The molecule has 0 aliphatic carbocycles. The highest BCUT2D eigenvalue weighted by Gasteiger charge is 2.47. The van der Waals surface area contributed by atoms with E-state index < -0.39 is 22.7 Å². The van der Waals surface area contributed by atoms with Crippen LogP contribution in [0.25, 0.3) is 0 Å². The highest BCUT2D eigenvalue weighted by molar-refractivity contribution is 8.00. The van der Waals surface area contributed by atoms with E-state index in [1.165, 1.54) is 16.8 Å². The second-order valence-electron chi connectivity index (χ2n) is 9.11. The maximum atomic E-state index is 12.8. The lowest BCUT2D eigenvalue weighted by atomic mass is 10.1. The molecular formula is C30H30N2O5S. The predicted molar refractivity (Wildman–Crippen MR) is 148 cm³/mol. The molecule has 196 valence electrons. The predicted octanol–water partition coefficient (Wildman–Crippen LogP) is 4.54. The fourth-order valence-corrected chi connectivity index (χ4v) is 6.08.